The van der Waals surface area contributed by atoms with E-state index >= 15 is 0 Å². The van der Waals surface area contributed by atoms with Crippen LogP contribution in [0.4, 0.5) is 11.4 Å². The van der Waals surface area contributed by atoms with E-state index in [9.17, 15) is 9.59 Å². The summed E-state index contributed by atoms with van der Waals surface area (Å²) in [6.07, 6.45) is 0.962. The zero-order valence-electron chi connectivity index (χ0n) is 16.0. The van der Waals surface area contributed by atoms with Gasteiger partial charge in [-0.2, -0.15) is 0 Å². The Morgan fingerprint density at radius 2 is 1.56 bits per heavy atom. The maximum absolute atomic E-state index is 12.3. The molecular formula is C21H26N2O3S. The van der Waals surface area contributed by atoms with Crippen LogP contribution in [-0.4, -0.2) is 29.4 Å². The molecule has 2 aromatic carbocycles. The molecule has 0 bridgehead atoms. The number of benzene rings is 2. The molecule has 2 amide bonds. The SMILES string of the molecule is CCOc1ccc(NC(=O)CSC(C)C(=O)Nc2ccc(CC)cc2)cc1. The Kier molecular flexibility index (Phi) is 8.20. The smallest absolute Gasteiger partial charge is 0.237 e. The molecule has 144 valence electrons. The Morgan fingerprint density at radius 1 is 0.963 bits per heavy atom. The van der Waals surface area contributed by atoms with E-state index in [0.29, 0.717) is 12.3 Å². The van der Waals surface area contributed by atoms with Crippen molar-refractivity contribution in [2.24, 2.45) is 0 Å². The molecule has 0 heterocycles. The molecule has 6 heteroatoms. The van der Waals surface area contributed by atoms with Crippen molar-refractivity contribution in [1.29, 1.82) is 0 Å². The van der Waals surface area contributed by atoms with Crippen LogP contribution in [0.5, 0.6) is 5.75 Å². The van der Waals surface area contributed by atoms with Crippen molar-refractivity contribution in [2.45, 2.75) is 32.4 Å². The second kappa shape index (κ2) is 10.6. The molecule has 0 saturated carbocycles. The Hall–Kier alpha value is -2.47. The van der Waals surface area contributed by atoms with Crippen molar-refractivity contribution in [3.8, 4) is 5.75 Å². The van der Waals surface area contributed by atoms with Gasteiger partial charge in [-0.05, 0) is 62.2 Å². The highest BCUT2D eigenvalue weighted by Gasteiger charge is 2.15. The third-order valence-corrected chi connectivity index (χ3v) is 5.06. The highest BCUT2D eigenvalue weighted by Crippen LogP contribution is 2.18. The molecule has 5 nitrogen and oxygen atoms in total. The molecule has 0 aliphatic rings. The van der Waals surface area contributed by atoms with Gasteiger partial charge in [0.2, 0.25) is 11.8 Å². The molecule has 2 aromatic rings. The molecule has 27 heavy (non-hydrogen) atoms. The Balaban J connectivity index is 1.76. The summed E-state index contributed by atoms with van der Waals surface area (Å²) in [4.78, 5) is 24.3. The van der Waals surface area contributed by atoms with Crippen molar-refractivity contribution in [2.75, 3.05) is 23.0 Å². The molecular weight excluding hydrogens is 360 g/mol. The third kappa shape index (κ3) is 6.98. The van der Waals surface area contributed by atoms with Crippen LogP contribution >= 0.6 is 11.8 Å². The lowest BCUT2D eigenvalue weighted by molar-refractivity contribution is -0.115. The first-order valence-corrected chi connectivity index (χ1v) is 10.1. The van der Waals surface area contributed by atoms with Crippen molar-refractivity contribution in [3.05, 3.63) is 54.1 Å². The maximum Gasteiger partial charge on any atom is 0.237 e. The largest absolute Gasteiger partial charge is 0.494 e. The summed E-state index contributed by atoms with van der Waals surface area (Å²) in [5.74, 6) is 0.715. The summed E-state index contributed by atoms with van der Waals surface area (Å²) < 4.78 is 5.37. The van der Waals surface area contributed by atoms with E-state index in [0.717, 1.165) is 17.9 Å². The summed E-state index contributed by atoms with van der Waals surface area (Å²) in [6.45, 7) is 6.41. The quantitative estimate of drug-likeness (QED) is 0.672. The molecule has 1 unspecified atom stereocenters. The van der Waals surface area contributed by atoms with Gasteiger partial charge < -0.3 is 15.4 Å². The molecule has 1 atom stereocenters. The summed E-state index contributed by atoms with van der Waals surface area (Å²) in [7, 11) is 0. The van der Waals surface area contributed by atoms with Gasteiger partial charge in [0.1, 0.15) is 5.75 Å². The lowest BCUT2D eigenvalue weighted by Gasteiger charge is -2.12. The Labute approximate surface area is 164 Å². The van der Waals surface area contributed by atoms with Crippen LogP contribution in [0.2, 0.25) is 0 Å². The first-order chi connectivity index (χ1) is 13.0. The second-order valence-corrected chi connectivity index (χ2v) is 7.33. The van der Waals surface area contributed by atoms with Crippen LogP contribution in [0.15, 0.2) is 48.5 Å². The first-order valence-electron chi connectivity index (χ1n) is 9.06. The molecule has 2 N–H and O–H groups in total. The monoisotopic (exact) mass is 386 g/mol. The van der Waals surface area contributed by atoms with E-state index in [1.54, 1.807) is 19.1 Å². The number of thioether (sulfide) groups is 1. The number of ether oxygens (including phenoxy) is 1. The average Bonchev–Trinajstić information content (AvgIpc) is 2.68. The number of nitrogens with one attached hydrogen (secondary N) is 2. The number of rotatable bonds is 9. The number of carbonyl (C=O) groups is 2. The van der Waals surface area contributed by atoms with Gasteiger partial charge in [-0.15, -0.1) is 11.8 Å². The number of anilines is 2. The van der Waals surface area contributed by atoms with Crippen molar-refractivity contribution in [1.82, 2.24) is 0 Å². The van der Waals surface area contributed by atoms with Gasteiger partial charge >= 0.3 is 0 Å². The van der Waals surface area contributed by atoms with E-state index in [1.165, 1.54) is 17.3 Å². The zero-order valence-corrected chi connectivity index (χ0v) is 16.8. The predicted molar refractivity (Wildman–Crippen MR) is 113 cm³/mol. The van der Waals surface area contributed by atoms with Gasteiger partial charge in [0.25, 0.3) is 0 Å². The van der Waals surface area contributed by atoms with Crippen LogP contribution in [0, 0.1) is 0 Å². The fourth-order valence-corrected chi connectivity index (χ4v) is 3.03. The van der Waals surface area contributed by atoms with Crippen molar-refractivity contribution < 1.29 is 14.3 Å². The third-order valence-electron chi connectivity index (χ3n) is 3.91. The highest BCUT2D eigenvalue weighted by atomic mass is 32.2. The summed E-state index contributed by atoms with van der Waals surface area (Å²) in [6, 6.07) is 15.0. The molecule has 0 aliphatic heterocycles. The first kappa shape index (κ1) is 20.8. The van der Waals surface area contributed by atoms with Crippen molar-refractivity contribution >= 4 is 35.0 Å². The Morgan fingerprint density at radius 3 is 2.15 bits per heavy atom. The fraction of sp³-hybridized carbons (Fsp3) is 0.333. The van der Waals surface area contributed by atoms with Crippen LogP contribution < -0.4 is 15.4 Å². The van der Waals surface area contributed by atoms with Gasteiger partial charge in [0.05, 0.1) is 17.6 Å². The van der Waals surface area contributed by atoms with Crippen LogP contribution in [-0.2, 0) is 16.0 Å². The number of aryl methyl sites for hydroxylation is 1. The Bertz CT molecular complexity index is 745. The number of carbonyl (C=O) groups excluding carboxylic acids is 2. The maximum atomic E-state index is 12.3. The predicted octanol–water partition coefficient (Wildman–Crippen LogP) is 4.35. The van der Waals surface area contributed by atoms with Crippen molar-refractivity contribution in [3.63, 3.8) is 0 Å². The van der Waals surface area contributed by atoms with E-state index in [1.807, 2.05) is 43.3 Å². The lowest BCUT2D eigenvalue weighted by Crippen LogP contribution is -2.25. The van der Waals surface area contributed by atoms with Gasteiger partial charge in [-0.1, -0.05) is 19.1 Å². The zero-order chi connectivity index (χ0) is 19.6. The van der Waals surface area contributed by atoms with Gasteiger partial charge in [0, 0.05) is 11.4 Å². The average molecular weight is 387 g/mol. The number of hydrogen-bond donors (Lipinski definition) is 2. The minimum absolute atomic E-state index is 0.113. The lowest BCUT2D eigenvalue weighted by atomic mass is 10.1. The molecule has 0 aromatic heterocycles. The number of amides is 2. The number of hydrogen-bond acceptors (Lipinski definition) is 4. The van der Waals surface area contributed by atoms with E-state index in [2.05, 4.69) is 17.6 Å². The van der Waals surface area contributed by atoms with Gasteiger partial charge in [-0.25, -0.2) is 0 Å². The minimum Gasteiger partial charge on any atom is -0.494 e. The fourth-order valence-electron chi connectivity index (χ4n) is 2.34. The molecule has 0 radical (unpaired) electrons. The highest BCUT2D eigenvalue weighted by molar-refractivity contribution is 8.01. The summed E-state index contributed by atoms with van der Waals surface area (Å²) in [5, 5.41) is 5.37. The van der Waals surface area contributed by atoms with E-state index in [-0.39, 0.29) is 22.8 Å². The molecule has 2 rings (SSSR count). The van der Waals surface area contributed by atoms with Crippen LogP contribution in [0.3, 0.4) is 0 Å². The van der Waals surface area contributed by atoms with Crippen LogP contribution in [0.25, 0.3) is 0 Å². The van der Waals surface area contributed by atoms with E-state index in [4.69, 9.17) is 4.74 Å². The normalized spacial score (nSPS) is 11.5. The minimum atomic E-state index is -0.332. The molecule has 0 spiro atoms. The molecule has 0 saturated heterocycles. The summed E-state index contributed by atoms with van der Waals surface area (Å²) in [5.41, 5.74) is 2.70. The van der Waals surface area contributed by atoms with Crippen LogP contribution in [0.1, 0.15) is 26.3 Å². The van der Waals surface area contributed by atoms with Gasteiger partial charge in [-0.3, -0.25) is 9.59 Å². The molecule has 0 fully saturated rings. The second-order valence-electron chi connectivity index (χ2n) is 6.00. The summed E-state index contributed by atoms with van der Waals surface area (Å²) >= 11 is 1.30. The topological polar surface area (TPSA) is 67.4 Å². The molecule has 0 aliphatic carbocycles. The standard InChI is InChI=1S/C21H26N2O3S/c1-4-16-6-8-18(9-7-16)23-21(25)15(3)27-14-20(24)22-17-10-12-19(13-11-17)26-5-2/h6-13,15H,4-5,14H2,1-3H3,(H,22,24)(H,23,25). The van der Waals surface area contributed by atoms with E-state index < -0.39 is 0 Å². The van der Waals surface area contributed by atoms with Gasteiger partial charge in [0.15, 0.2) is 0 Å².